The summed E-state index contributed by atoms with van der Waals surface area (Å²) in [6, 6.07) is 8.56. The van der Waals surface area contributed by atoms with Crippen LogP contribution >= 0.6 is 0 Å². The highest BCUT2D eigenvalue weighted by atomic mass is 32.2. The Balaban J connectivity index is 2.10. The monoisotopic (exact) mass is 267 g/mol. The molecule has 0 saturated carbocycles. The molecular formula is C13H17NO3S. The van der Waals surface area contributed by atoms with Gasteiger partial charge in [0.2, 0.25) is 9.84 Å². The fourth-order valence-corrected chi connectivity index (χ4v) is 3.38. The number of rotatable bonds is 5. The van der Waals surface area contributed by atoms with E-state index in [0.29, 0.717) is 29.5 Å². The zero-order chi connectivity index (χ0) is 13.0. The number of hydrogen-bond acceptors (Lipinski definition) is 4. The molecule has 98 valence electrons. The highest BCUT2D eigenvalue weighted by molar-refractivity contribution is 7.95. The summed E-state index contributed by atoms with van der Waals surface area (Å²) >= 11 is 0. The third kappa shape index (κ3) is 2.80. The molecule has 0 radical (unpaired) electrons. The Bertz CT molecular complexity index is 522. The summed E-state index contributed by atoms with van der Waals surface area (Å²) in [5.41, 5.74) is 0. The average Bonchev–Trinajstić information content (AvgIpc) is 2.87. The van der Waals surface area contributed by atoms with Crippen molar-refractivity contribution in [3.8, 4) is 0 Å². The molecule has 0 bridgehead atoms. The Hall–Kier alpha value is -1.17. The number of hydrogen-bond donors (Lipinski definition) is 0. The van der Waals surface area contributed by atoms with Gasteiger partial charge in [0.25, 0.3) is 0 Å². The van der Waals surface area contributed by atoms with E-state index in [4.69, 9.17) is 4.74 Å². The molecule has 0 spiro atoms. The molecule has 1 aromatic rings. The predicted molar refractivity (Wildman–Crippen MR) is 70.0 cm³/mol. The van der Waals surface area contributed by atoms with Gasteiger partial charge in [-0.25, -0.2) is 8.42 Å². The van der Waals surface area contributed by atoms with Crippen molar-refractivity contribution in [1.82, 2.24) is 4.90 Å². The van der Waals surface area contributed by atoms with Crippen LogP contribution in [-0.4, -0.2) is 46.7 Å². The van der Waals surface area contributed by atoms with Gasteiger partial charge in [-0.3, -0.25) is 4.90 Å². The summed E-state index contributed by atoms with van der Waals surface area (Å²) in [5, 5.41) is 0. The van der Waals surface area contributed by atoms with Gasteiger partial charge < -0.3 is 4.74 Å². The van der Waals surface area contributed by atoms with Crippen LogP contribution < -0.4 is 0 Å². The van der Waals surface area contributed by atoms with Gasteiger partial charge in [0.1, 0.15) is 0 Å². The molecule has 0 saturated heterocycles. The van der Waals surface area contributed by atoms with Crippen LogP contribution in [0.3, 0.4) is 0 Å². The lowest BCUT2D eigenvalue weighted by Crippen LogP contribution is -2.26. The van der Waals surface area contributed by atoms with Gasteiger partial charge in [-0.1, -0.05) is 24.3 Å². The van der Waals surface area contributed by atoms with Crippen LogP contribution in [0.4, 0.5) is 0 Å². The molecule has 1 aromatic carbocycles. The Morgan fingerprint density at radius 2 is 2.00 bits per heavy atom. The molecule has 0 unspecified atom stereocenters. The smallest absolute Gasteiger partial charge is 0.203 e. The molecule has 0 amide bonds. The van der Waals surface area contributed by atoms with E-state index in [1.165, 1.54) is 0 Å². The minimum absolute atomic E-state index is 0.366. The van der Waals surface area contributed by atoms with Crippen LogP contribution in [0.5, 0.6) is 0 Å². The van der Waals surface area contributed by atoms with Crippen LogP contribution in [0.25, 0.3) is 0 Å². The van der Waals surface area contributed by atoms with Gasteiger partial charge in [-0.15, -0.1) is 0 Å². The van der Waals surface area contributed by atoms with Crippen molar-refractivity contribution in [2.24, 2.45) is 0 Å². The molecule has 0 aromatic heterocycles. The summed E-state index contributed by atoms with van der Waals surface area (Å²) in [7, 11) is -1.67. The lowest BCUT2D eigenvalue weighted by Gasteiger charge is -2.14. The SMILES string of the molecule is COCCN1CC=C(S(=O)(=O)c2ccccc2)C1. The summed E-state index contributed by atoms with van der Waals surface area (Å²) in [6.45, 7) is 2.51. The second kappa shape index (κ2) is 5.65. The van der Waals surface area contributed by atoms with Crippen LogP contribution in [0.15, 0.2) is 46.2 Å². The van der Waals surface area contributed by atoms with Gasteiger partial charge in [0.05, 0.1) is 16.4 Å². The van der Waals surface area contributed by atoms with Gasteiger partial charge in [0.15, 0.2) is 0 Å². The maximum atomic E-state index is 12.3. The zero-order valence-corrected chi connectivity index (χ0v) is 11.2. The number of nitrogens with zero attached hydrogens (tertiary/aromatic N) is 1. The Kier molecular flexibility index (Phi) is 4.16. The van der Waals surface area contributed by atoms with Crippen molar-refractivity contribution in [1.29, 1.82) is 0 Å². The van der Waals surface area contributed by atoms with Crippen LogP contribution in [0.2, 0.25) is 0 Å². The lowest BCUT2D eigenvalue weighted by atomic mass is 10.4. The average molecular weight is 267 g/mol. The molecule has 2 rings (SSSR count). The minimum Gasteiger partial charge on any atom is -0.383 e. The van der Waals surface area contributed by atoms with Crippen molar-refractivity contribution in [3.05, 3.63) is 41.3 Å². The Labute approximate surface area is 108 Å². The van der Waals surface area contributed by atoms with E-state index in [0.717, 1.165) is 6.54 Å². The minimum atomic E-state index is -3.32. The van der Waals surface area contributed by atoms with Gasteiger partial charge >= 0.3 is 0 Å². The quantitative estimate of drug-likeness (QED) is 0.807. The van der Waals surface area contributed by atoms with Gasteiger partial charge in [-0.2, -0.15) is 0 Å². The normalized spacial score (nSPS) is 16.8. The molecular weight excluding hydrogens is 250 g/mol. The first kappa shape index (κ1) is 13.3. The highest BCUT2D eigenvalue weighted by Crippen LogP contribution is 2.22. The first-order valence-electron chi connectivity index (χ1n) is 5.85. The summed E-state index contributed by atoms with van der Waals surface area (Å²) in [6.07, 6.45) is 1.79. The number of methoxy groups -OCH3 is 1. The number of benzene rings is 1. The summed E-state index contributed by atoms with van der Waals surface area (Å²) in [4.78, 5) is 2.91. The first-order valence-corrected chi connectivity index (χ1v) is 7.33. The second-order valence-corrected chi connectivity index (χ2v) is 6.22. The van der Waals surface area contributed by atoms with Crippen LogP contribution in [-0.2, 0) is 14.6 Å². The van der Waals surface area contributed by atoms with Crippen molar-refractivity contribution in [3.63, 3.8) is 0 Å². The molecule has 5 heteroatoms. The van der Waals surface area contributed by atoms with E-state index in [1.807, 2.05) is 6.07 Å². The molecule has 1 aliphatic rings. The second-order valence-electron chi connectivity index (χ2n) is 4.21. The zero-order valence-electron chi connectivity index (χ0n) is 10.4. The first-order chi connectivity index (χ1) is 8.64. The molecule has 1 aliphatic heterocycles. The summed E-state index contributed by atoms with van der Waals surface area (Å²) < 4.78 is 29.7. The fourth-order valence-electron chi connectivity index (χ4n) is 1.92. The maximum Gasteiger partial charge on any atom is 0.203 e. The molecule has 1 heterocycles. The van der Waals surface area contributed by atoms with Crippen LogP contribution in [0.1, 0.15) is 0 Å². The molecule has 4 nitrogen and oxygen atoms in total. The van der Waals surface area contributed by atoms with Crippen molar-refractivity contribution >= 4 is 9.84 Å². The predicted octanol–water partition coefficient (Wildman–Crippen LogP) is 1.31. The molecule has 0 N–H and O–H groups in total. The van der Waals surface area contributed by atoms with Gasteiger partial charge in [0, 0.05) is 26.7 Å². The van der Waals surface area contributed by atoms with E-state index in [2.05, 4.69) is 4.90 Å². The number of ether oxygens (including phenoxy) is 1. The molecule has 18 heavy (non-hydrogen) atoms. The van der Waals surface area contributed by atoms with Crippen LogP contribution in [0, 0.1) is 0 Å². The Morgan fingerprint density at radius 1 is 1.28 bits per heavy atom. The lowest BCUT2D eigenvalue weighted by molar-refractivity contribution is 0.163. The van der Waals surface area contributed by atoms with E-state index < -0.39 is 9.84 Å². The van der Waals surface area contributed by atoms with E-state index in [-0.39, 0.29) is 0 Å². The molecule has 0 fully saturated rings. The maximum absolute atomic E-state index is 12.3. The highest BCUT2D eigenvalue weighted by Gasteiger charge is 2.26. The van der Waals surface area contributed by atoms with E-state index in [9.17, 15) is 8.42 Å². The van der Waals surface area contributed by atoms with Gasteiger partial charge in [-0.05, 0) is 12.1 Å². The standard InChI is InChI=1S/C13H17NO3S/c1-17-10-9-14-8-7-13(11-14)18(15,16)12-5-3-2-4-6-12/h2-7H,8-11H2,1H3. The largest absolute Gasteiger partial charge is 0.383 e. The fraction of sp³-hybridized carbons (Fsp3) is 0.385. The van der Waals surface area contributed by atoms with Crippen molar-refractivity contribution in [2.75, 3.05) is 33.4 Å². The number of sulfone groups is 1. The molecule has 0 aliphatic carbocycles. The van der Waals surface area contributed by atoms with Crippen molar-refractivity contribution in [2.45, 2.75) is 4.90 Å². The van der Waals surface area contributed by atoms with E-state index in [1.54, 1.807) is 37.5 Å². The third-order valence-corrected chi connectivity index (χ3v) is 4.85. The van der Waals surface area contributed by atoms with E-state index >= 15 is 0 Å². The van der Waals surface area contributed by atoms with Crippen molar-refractivity contribution < 1.29 is 13.2 Å². The third-order valence-electron chi connectivity index (χ3n) is 2.97. The topological polar surface area (TPSA) is 46.6 Å². The molecule has 0 atom stereocenters. The summed E-state index contributed by atoms with van der Waals surface area (Å²) in [5.74, 6) is 0. The Morgan fingerprint density at radius 3 is 2.67 bits per heavy atom.